The van der Waals surface area contributed by atoms with E-state index < -0.39 is 0 Å². The van der Waals surface area contributed by atoms with Crippen molar-refractivity contribution in [2.45, 2.75) is 33.2 Å². The molecule has 3 nitrogen and oxygen atoms in total. The molecule has 1 N–H and O–H groups in total. The van der Waals surface area contributed by atoms with E-state index in [9.17, 15) is 4.79 Å². The topological polar surface area (TPSA) is 38.3 Å². The predicted molar refractivity (Wildman–Crippen MR) is 79.2 cm³/mol. The first-order chi connectivity index (χ1) is 8.97. The fourth-order valence-corrected chi connectivity index (χ4v) is 2.20. The molecule has 1 aromatic rings. The van der Waals surface area contributed by atoms with E-state index in [4.69, 9.17) is 16.3 Å². The minimum atomic E-state index is -0.133. The average molecular weight is 284 g/mol. The van der Waals surface area contributed by atoms with Crippen LogP contribution in [0.5, 0.6) is 5.75 Å². The van der Waals surface area contributed by atoms with Crippen molar-refractivity contribution in [3.05, 3.63) is 29.3 Å². The molecule has 0 aliphatic rings. The molecule has 1 unspecified atom stereocenters. The Hall–Kier alpha value is -1.22. The Labute approximate surface area is 120 Å². The number of amides is 1. The lowest BCUT2D eigenvalue weighted by Gasteiger charge is -2.19. The molecule has 0 saturated heterocycles. The SMILES string of the molecule is COc1ccc(C)cc1C(=O)NC(CCl)CC(C)C. The minimum absolute atomic E-state index is 0.0145. The summed E-state index contributed by atoms with van der Waals surface area (Å²) in [6.45, 7) is 6.17. The Balaban J connectivity index is 2.84. The van der Waals surface area contributed by atoms with E-state index in [0.29, 0.717) is 23.1 Å². The number of nitrogens with one attached hydrogen (secondary N) is 1. The normalized spacial score (nSPS) is 12.3. The first kappa shape index (κ1) is 15.8. The predicted octanol–water partition coefficient (Wildman–Crippen LogP) is 3.39. The Morgan fingerprint density at radius 3 is 2.63 bits per heavy atom. The fourth-order valence-electron chi connectivity index (χ4n) is 1.99. The quantitative estimate of drug-likeness (QED) is 0.813. The zero-order valence-electron chi connectivity index (χ0n) is 12.0. The van der Waals surface area contributed by atoms with Gasteiger partial charge in [-0.05, 0) is 31.4 Å². The summed E-state index contributed by atoms with van der Waals surface area (Å²) in [5.74, 6) is 1.36. The lowest BCUT2D eigenvalue weighted by atomic mass is 10.0. The molecule has 0 aliphatic carbocycles. The second kappa shape index (κ2) is 7.39. The average Bonchev–Trinajstić information content (AvgIpc) is 2.37. The van der Waals surface area contributed by atoms with Gasteiger partial charge in [0, 0.05) is 11.9 Å². The summed E-state index contributed by atoms with van der Waals surface area (Å²) in [6, 6.07) is 5.54. The molecular weight excluding hydrogens is 262 g/mol. The van der Waals surface area contributed by atoms with E-state index in [2.05, 4.69) is 19.2 Å². The zero-order valence-corrected chi connectivity index (χ0v) is 12.8. The summed E-state index contributed by atoms with van der Waals surface area (Å²) in [7, 11) is 1.56. The molecule has 0 saturated carbocycles. The molecule has 0 aromatic heterocycles. The highest BCUT2D eigenvalue weighted by atomic mass is 35.5. The zero-order chi connectivity index (χ0) is 14.4. The molecule has 0 bridgehead atoms. The van der Waals surface area contributed by atoms with E-state index in [-0.39, 0.29) is 11.9 Å². The highest BCUT2D eigenvalue weighted by Gasteiger charge is 2.17. The number of benzene rings is 1. The summed E-state index contributed by atoms with van der Waals surface area (Å²) in [5.41, 5.74) is 1.58. The number of rotatable bonds is 6. The van der Waals surface area contributed by atoms with Crippen molar-refractivity contribution in [1.29, 1.82) is 0 Å². The van der Waals surface area contributed by atoms with Gasteiger partial charge in [-0.15, -0.1) is 11.6 Å². The van der Waals surface area contributed by atoms with Gasteiger partial charge in [-0.25, -0.2) is 0 Å². The highest BCUT2D eigenvalue weighted by molar-refractivity contribution is 6.18. The first-order valence-corrected chi connectivity index (χ1v) is 7.02. The molecule has 19 heavy (non-hydrogen) atoms. The van der Waals surface area contributed by atoms with Crippen molar-refractivity contribution in [3.8, 4) is 5.75 Å². The van der Waals surface area contributed by atoms with E-state index >= 15 is 0 Å². The largest absolute Gasteiger partial charge is 0.496 e. The third-order valence-electron chi connectivity index (χ3n) is 2.88. The van der Waals surface area contributed by atoms with Crippen molar-refractivity contribution in [2.24, 2.45) is 5.92 Å². The van der Waals surface area contributed by atoms with Crippen molar-refractivity contribution >= 4 is 17.5 Å². The summed E-state index contributed by atoms with van der Waals surface area (Å²) < 4.78 is 5.22. The number of carbonyl (C=O) groups excluding carboxylic acids is 1. The number of hydrogen-bond acceptors (Lipinski definition) is 2. The van der Waals surface area contributed by atoms with Crippen LogP contribution >= 0.6 is 11.6 Å². The molecule has 0 radical (unpaired) electrons. The van der Waals surface area contributed by atoms with E-state index in [1.807, 2.05) is 25.1 Å². The standard InChI is InChI=1S/C15H22ClNO2/c1-10(2)7-12(9-16)17-15(18)13-8-11(3)5-6-14(13)19-4/h5-6,8,10,12H,7,9H2,1-4H3,(H,17,18). The summed E-state index contributed by atoms with van der Waals surface area (Å²) in [6.07, 6.45) is 0.864. The van der Waals surface area contributed by atoms with Gasteiger partial charge in [0.2, 0.25) is 0 Å². The number of aryl methyl sites for hydroxylation is 1. The van der Waals surface area contributed by atoms with Gasteiger partial charge in [0.25, 0.3) is 5.91 Å². The van der Waals surface area contributed by atoms with Crippen LogP contribution in [0.4, 0.5) is 0 Å². The molecule has 0 heterocycles. The number of methoxy groups -OCH3 is 1. The third kappa shape index (κ3) is 4.75. The lowest BCUT2D eigenvalue weighted by molar-refractivity contribution is 0.0933. The van der Waals surface area contributed by atoms with Crippen LogP contribution in [0.25, 0.3) is 0 Å². The van der Waals surface area contributed by atoms with Crippen LogP contribution in [0.15, 0.2) is 18.2 Å². The van der Waals surface area contributed by atoms with Gasteiger partial charge in [-0.2, -0.15) is 0 Å². The van der Waals surface area contributed by atoms with E-state index in [1.165, 1.54) is 0 Å². The Morgan fingerprint density at radius 1 is 1.42 bits per heavy atom. The smallest absolute Gasteiger partial charge is 0.255 e. The summed E-state index contributed by atoms with van der Waals surface area (Å²) >= 11 is 5.90. The van der Waals surface area contributed by atoms with Gasteiger partial charge in [-0.3, -0.25) is 4.79 Å². The molecular formula is C15H22ClNO2. The minimum Gasteiger partial charge on any atom is -0.496 e. The molecule has 4 heteroatoms. The maximum absolute atomic E-state index is 12.3. The van der Waals surface area contributed by atoms with Gasteiger partial charge < -0.3 is 10.1 Å². The van der Waals surface area contributed by atoms with Gasteiger partial charge >= 0.3 is 0 Å². The molecule has 0 spiro atoms. The summed E-state index contributed by atoms with van der Waals surface area (Å²) in [5, 5.41) is 2.97. The van der Waals surface area contributed by atoms with Crippen LogP contribution < -0.4 is 10.1 Å². The molecule has 106 valence electrons. The van der Waals surface area contributed by atoms with E-state index in [0.717, 1.165) is 12.0 Å². The fraction of sp³-hybridized carbons (Fsp3) is 0.533. The van der Waals surface area contributed by atoms with Crippen LogP contribution in [-0.2, 0) is 0 Å². The van der Waals surface area contributed by atoms with Gasteiger partial charge in [0.15, 0.2) is 0 Å². The Kier molecular flexibility index (Phi) is 6.16. The third-order valence-corrected chi connectivity index (χ3v) is 3.25. The molecule has 0 aliphatic heterocycles. The summed E-state index contributed by atoms with van der Waals surface area (Å²) in [4.78, 5) is 12.3. The monoisotopic (exact) mass is 283 g/mol. The Bertz CT molecular complexity index is 432. The van der Waals surface area contributed by atoms with Crippen LogP contribution in [-0.4, -0.2) is 24.9 Å². The lowest BCUT2D eigenvalue weighted by Crippen LogP contribution is -2.37. The maximum atomic E-state index is 12.3. The van der Waals surface area contributed by atoms with Crippen LogP contribution in [0.2, 0.25) is 0 Å². The number of carbonyl (C=O) groups is 1. The van der Waals surface area contributed by atoms with Crippen molar-refractivity contribution in [3.63, 3.8) is 0 Å². The molecule has 1 atom stereocenters. The van der Waals surface area contributed by atoms with Crippen molar-refractivity contribution in [2.75, 3.05) is 13.0 Å². The van der Waals surface area contributed by atoms with Gasteiger partial charge in [0.1, 0.15) is 5.75 Å². The number of halogens is 1. The molecule has 1 aromatic carbocycles. The van der Waals surface area contributed by atoms with Crippen LogP contribution in [0.1, 0.15) is 36.2 Å². The number of hydrogen-bond donors (Lipinski definition) is 1. The molecule has 0 fully saturated rings. The second-order valence-corrected chi connectivity index (χ2v) is 5.47. The number of ether oxygens (including phenoxy) is 1. The molecule has 1 amide bonds. The molecule has 1 rings (SSSR count). The maximum Gasteiger partial charge on any atom is 0.255 e. The van der Waals surface area contributed by atoms with Crippen molar-refractivity contribution in [1.82, 2.24) is 5.32 Å². The van der Waals surface area contributed by atoms with Crippen molar-refractivity contribution < 1.29 is 9.53 Å². The second-order valence-electron chi connectivity index (χ2n) is 5.16. The van der Waals surface area contributed by atoms with Crippen LogP contribution in [0, 0.1) is 12.8 Å². The number of alkyl halides is 1. The Morgan fingerprint density at radius 2 is 2.11 bits per heavy atom. The first-order valence-electron chi connectivity index (χ1n) is 6.49. The van der Waals surface area contributed by atoms with E-state index in [1.54, 1.807) is 7.11 Å². The van der Waals surface area contributed by atoms with Gasteiger partial charge in [0.05, 0.1) is 12.7 Å². The van der Waals surface area contributed by atoms with Gasteiger partial charge in [-0.1, -0.05) is 25.5 Å². The van der Waals surface area contributed by atoms with Crippen LogP contribution in [0.3, 0.4) is 0 Å². The highest BCUT2D eigenvalue weighted by Crippen LogP contribution is 2.20.